The monoisotopic (exact) mass is 628 g/mol. The number of allylic oxidation sites excluding steroid dienone is 2. The molecule has 2 unspecified atom stereocenters. The van der Waals surface area contributed by atoms with Crippen molar-refractivity contribution >= 4 is 12.2 Å². The normalized spacial score (nSPS) is 15.8. The summed E-state index contributed by atoms with van der Waals surface area (Å²) in [5.74, 6) is 1.47. The number of rotatable bonds is 4. The van der Waals surface area contributed by atoms with E-state index in [0.717, 1.165) is 11.4 Å². The van der Waals surface area contributed by atoms with Crippen molar-refractivity contribution in [2.75, 3.05) is 0 Å². The quantitative estimate of drug-likeness (QED) is 0.324. The van der Waals surface area contributed by atoms with Gasteiger partial charge in [0.25, 0.3) is 0 Å². The van der Waals surface area contributed by atoms with Gasteiger partial charge in [0.15, 0.2) is 0 Å². The van der Waals surface area contributed by atoms with Crippen LogP contribution in [0.1, 0.15) is 96.1 Å². The Bertz CT molecular complexity index is 1290. The van der Waals surface area contributed by atoms with Crippen LogP contribution in [0.3, 0.4) is 0 Å². The van der Waals surface area contributed by atoms with E-state index in [1.807, 2.05) is 36.7 Å². The molecule has 0 amide bonds. The second-order valence-corrected chi connectivity index (χ2v) is 10.0. The molecule has 2 aliphatic carbocycles. The summed E-state index contributed by atoms with van der Waals surface area (Å²) in [5.41, 5.74) is 10.3. The molecule has 2 heterocycles. The molecule has 2 aromatic carbocycles. The molecule has 2 aliphatic rings. The minimum absolute atomic E-state index is 0. The maximum Gasteiger partial charge on any atom is 4.00 e. The van der Waals surface area contributed by atoms with Gasteiger partial charge in [0.05, 0.1) is 0 Å². The van der Waals surface area contributed by atoms with Crippen LogP contribution in [0, 0.1) is 12.2 Å². The molecule has 4 aromatic rings. The van der Waals surface area contributed by atoms with Gasteiger partial charge in [-0.15, -0.1) is 22.3 Å². The van der Waals surface area contributed by atoms with E-state index in [-0.39, 0.29) is 62.9 Å². The van der Waals surface area contributed by atoms with Gasteiger partial charge in [0, 0.05) is 23.8 Å². The van der Waals surface area contributed by atoms with Crippen LogP contribution >= 0.6 is 0 Å². The Morgan fingerprint density at radius 1 is 0.564 bits per heavy atom. The van der Waals surface area contributed by atoms with Crippen LogP contribution in [0.25, 0.3) is 12.2 Å². The molecule has 0 saturated carbocycles. The maximum atomic E-state index is 4.45. The summed E-state index contributed by atoms with van der Waals surface area (Å²) in [5, 5.41) is 0. The van der Waals surface area contributed by atoms with E-state index in [1.165, 1.54) is 33.4 Å². The average molecular weight is 631 g/mol. The second-order valence-electron chi connectivity index (χ2n) is 10.0. The van der Waals surface area contributed by atoms with Crippen molar-refractivity contribution in [3.05, 3.63) is 142 Å². The van der Waals surface area contributed by atoms with Crippen LogP contribution in [-0.4, -0.2) is 9.97 Å². The minimum Gasteiger partial charge on any atom is -1.00 e. The third-order valence-electron chi connectivity index (χ3n) is 6.97. The van der Waals surface area contributed by atoms with Gasteiger partial charge in [0.2, 0.25) is 0 Å². The van der Waals surface area contributed by atoms with Crippen LogP contribution in [0.4, 0.5) is 0 Å². The van der Waals surface area contributed by atoms with Crippen LogP contribution < -0.4 is 24.8 Å². The van der Waals surface area contributed by atoms with E-state index in [4.69, 9.17) is 0 Å². The summed E-state index contributed by atoms with van der Waals surface area (Å²) < 4.78 is 0. The van der Waals surface area contributed by atoms with Gasteiger partial charge in [-0.25, -0.2) is 12.2 Å². The van der Waals surface area contributed by atoms with E-state index in [2.05, 4.69) is 110 Å². The summed E-state index contributed by atoms with van der Waals surface area (Å²) in [6.45, 7) is 8.93. The molecular weight excluding hydrogens is 599 g/mol. The Labute approximate surface area is 265 Å². The van der Waals surface area contributed by atoms with E-state index in [0.29, 0.717) is 11.8 Å². The molecular formula is C34H32Cl2N2Zr. The van der Waals surface area contributed by atoms with Crippen molar-refractivity contribution in [2.45, 2.75) is 51.4 Å². The molecule has 39 heavy (non-hydrogen) atoms. The van der Waals surface area contributed by atoms with Crippen molar-refractivity contribution in [1.82, 2.24) is 9.97 Å². The fraction of sp³-hybridized carbons (Fsp3) is 0.235. The molecule has 2 atom stereocenters. The van der Waals surface area contributed by atoms with Gasteiger partial charge in [0.1, 0.15) is 0 Å². The van der Waals surface area contributed by atoms with Gasteiger partial charge in [-0.3, -0.25) is 22.1 Å². The SMILES string of the molecule is CC(C)c1cccc2c1C=[C-]C2c1ccccn1.CC(C)c1cccc2c1C=[C-]C2c1ccccn1.[Cl-].[Cl-].[Zr+4]. The Morgan fingerprint density at radius 3 is 1.31 bits per heavy atom. The Hall–Kier alpha value is -2.32. The Balaban J connectivity index is 0.000000254. The molecule has 0 spiro atoms. The van der Waals surface area contributed by atoms with Crippen LogP contribution in [0.5, 0.6) is 0 Å². The number of benzene rings is 2. The maximum absolute atomic E-state index is 4.45. The number of halogens is 2. The Morgan fingerprint density at radius 2 is 0.974 bits per heavy atom. The van der Waals surface area contributed by atoms with Gasteiger partial charge < -0.3 is 24.8 Å². The first-order valence-electron chi connectivity index (χ1n) is 12.8. The zero-order valence-corrected chi connectivity index (χ0v) is 26.7. The first kappa shape index (κ1) is 32.9. The minimum atomic E-state index is 0. The van der Waals surface area contributed by atoms with E-state index in [1.54, 1.807) is 0 Å². The first-order valence-corrected chi connectivity index (χ1v) is 12.8. The molecule has 0 aliphatic heterocycles. The predicted octanol–water partition coefficient (Wildman–Crippen LogP) is 2.34. The van der Waals surface area contributed by atoms with E-state index >= 15 is 0 Å². The molecule has 5 heteroatoms. The topological polar surface area (TPSA) is 25.8 Å². The predicted molar refractivity (Wildman–Crippen MR) is 149 cm³/mol. The number of hydrogen-bond acceptors (Lipinski definition) is 2. The van der Waals surface area contributed by atoms with Gasteiger partial charge in [-0.1, -0.05) is 76.2 Å². The first-order chi connectivity index (χ1) is 17.5. The molecule has 0 fully saturated rings. The molecule has 6 rings (SSSR count). The van der Waals surface area contributed by atoms with Crippen LogP contribution in [0.15, 0.2) is 85.2 Å². The fourth-order valence-electron chi connectivity index (χ4n) is 5.14. The van der Waals surface area contributed by atoms with E-state index in [9.17, 15) is 0 Å². The summed E-state index contributed by atoms with van der Waals surface area (Å²) in [6, 6.07) is 25.2. The number of aromatic nitrogens is 2. The zero-order valence-electron chi connectivity index (χ0n) is 22.7. The number of nitrogens with zero attached hydrogens (tertiary/aromatic N) is 2. The second kappa shape index (κ2) is 14.9. The number of fused-ring (bicyclic) bond motifs is 2. The standard InChI is InChI=1S/2C17H16N.2ClH.Zr/c2*1-12(2)13-6-5-7-14-15(13)9-10-16(14)17-8-3-4-11-18-17;;;/h2*3-9,11-12,16H,1-2H3;2*1H;/q2*-1;;;+4/p-2. The fourth-order valence-corrected chi connectivity index (χ4v) is 5.14. The number of pyridine rings is 2. The zero-order chi connectivity index (χ0) is 25.1. The summed E-state index contributed by atoms with van der Waals surface area (Å²) in [7, 11) is 0. The molecule has 0 N–H and O–H groups in total. The van der Waals surface area contributed by atoms with Crippen LogP contribution in [-0.2, 0) is 26.2 Å². The summed E-state index contributed by atoms with van der Waals surface area (Å²) in [4.78, 5) is 8.90. The summed E-state index contributed by atoms with van der Waals surface area (Å²) >= 11 is 0. The van der Waals surface area contributed by atoms with Crippen LogP contribution in [0.2, 0.25) is 0 Å². The van der Waals surface area contributed by atoms with Crippen molar-refractivity contribution < 1.29 is 51.0 Å². The number of hydrogen-bond donors (Lipinski definition) is 0. The smallest absolute Gasteiger partial charge is 1.00 e. The third kappa shape index (κ3) is 7.07. The molecule has 196 valence electrons. The van der Waals surface area contributed by atoms with Crippen molar-refractivity contribution in [2.24, 2.45) is 0 Å². The van der Waals surface area contributed by atoms with E-state index < -0.39 is 0 Å². The van der Waals surface area contributed by atoms with Crippen molar-refractivity contribution in [1.29, 1.82) is 0 Å². The van der Waals surface area contributed by atoms with Gasteiger partial charge in [-0.2, -0.15) is 11.1 Å². The molecule has 0 bridgehead atoms. The third-order valence-corrected chi connectivity index (χ3v) is 6.97. The van der Waals surface area contributed by atoms with Gasteiger partial charge >= 0.3 is 26.2 Å². The summed E-state index contributed by atoms with van der Waals surface area (Å²) in [6.07, 6.45) is 14.8. The molecule has 0 radical (unpaired) electrons. The molecule has 2 nitrogen and oxygen atoms in total. The van der Waals surface area contributed by atoms with Crippen molar-refractivity contribution in [3.8, 4) is 0 Å². The van der Waals surface area contributed by atoms with Gasteiger partial charge in [-0.05, 0) is 47.9 Å². The Kier molecular flexibility index (Phi) is 12.6. The molecule has 0 saturated heterocycles. The van der Waals surface area contributed by atoms with Crippen molar-refractivity contribution in [3.63, 3.8) is 0 Å². The average Bonchev–Trinajstić information content (AvgIpc) is 3.54. The molecule has 2 aromatic heterocycles. The largest absolute Gasteiger partial charge is 4.00 e.